The number of rotatable bonds is 11. The Morgan fingerprint density at radius 2 is 1.39 bits per heavy atom. The third-order valence-electron chi connectivity index (χ3n) is 4.42. The molecule has 16 heteroatoms. The van der Waals surface area contributed by atoms with E-state index in [1.54, 1.807) is 65.1 Å². The Labute approximate surface area is 228 Å². The molecule has 0 aromatic rings. The van der Waals surface area contributed by atoms with Gasteiger partial charge >= 0.3 is 13.8 Å². The first kappa shape index (κ1) is 39.1. The van der Waals surface area contributed by atoms with Gasteiger partial charge in [0.25, 0.3) is 7.52 Å². The van der Waals surface area contributed by atoms with E-state index in [0.717, 1.165) is 0 Å². The van der Waals surface area contributed by atoms with E-state index in [1.807, 2.05) is 13.8 Å². The molecule has 1 saturated heterocycles. The van der Waals surface area contributed by atoms with Gasteiger partial charge in [0.2, 0.25) is 5.91 Å². The van der Waals surface area contributed by atoms with Gasteiger partial charge in [-0.25, -0.2) is 18.8 Å². The Bertz CT molecular complexity index is 774. The van der Waals surface area contributed by atoms with E-state index in [-0.39, 0.29) is 38.1 Å². The topological polar surface area (TPSA) is 175 Å². The Balaban J connectivity index is 0. The van der Waals surface area contributed by atoms with Crippen LogP contribution in [0.4, 0.5) is 4.79 Å². The molecule has 1 fully saturated rings. The van der Waals surface area contributed by atoms with Gasteiger partial charge < -0.3 is 34.6 Å². The van der Waals surface area contributed by atoms with E-state index < -0.39 is 27.2 Å². The largest absolute Gasteiger partial charge is 0.447 e. The molecule has 1 rings (SSSR count). The molecule has 0 bridgehead atoms. The highest BCUT2D eigenvalue weighted by Crippen LogP contribution is 2.52. The summed E-state index contributed by atoms with van der Waals surface area (Å²) in [7, 11) is -1.09. The van der Waals surface area contributed by atoms with Crippen LogP contribution in [0.3, 0.4) is 0 Å². The summed E-state index contributed by atoms with van der Waals surface area (Å²) in [5.74, 6) is -0.535. The number of piperazine rings is 1. The van der Waals surface area contributed by atoms with Crippen LogP contribution in [0.2, 0.25) is 0 Å². The fraction of sp³-hybridized carbons (Fsp3) is 0.909. The molecule has 4 N–H and O–H groups in total. The fourth-order valence-corrected chi connectivity index (χ4v) is 6.64. The number of hydrogen-bond donors (Lipinski definition) is 3. The molecule has 0 aromatic heterocycles. The van der Waals surface area contributed by atoms with E-state index in [9.17, 15) is 18.7 Å². The van der Waals surface area contributed by atoms with Crippen LogP contribution in [0.5, 0.6) is 0 Å². The van der Waals surface area contributed by atoms with E-state index in [1.165, 1.54) is 9.34 Å². The second kappa shape index (κ2) is 19.1. The van der Waals surface area contributed by atoms with Crippen molar-refractivity contribution in [3.05, 3.63) is 0 Å². The molecule has 0 radical (unpaired) electrons. The molecular formula is C22H51N5O9P2. The van der Waals surface area contributed by atoms with Crippen molar-refractivity contribution in [1.29, 1.82) is 0 Å². The number of aliphatic hydroxyl groups is 2. The van der Waals surface area contributed by atoms with Crippen molar-refractivity contribution in [2.24, 2.45) is 5.73 Å². The van der Waals surface area contributed by atoms with Gasteiger partial charge in [-0.15, -0.1) is 0 Å². The third kappa shape index (κ3) is 16.8. The molecule has 0 spiro atoms. The number of nitrogens with two attached hydrogens (primary N) is 1. The number of hydrogen-bond acceptors (Lipinski definition) is 9. The lowest BCUT2D eigenvalue weighted by molar-refractivity contribution is -0.118. The van der Waals surface area contributed by atoms with Gasteiger partial charge in [0.1, 0.15) is 6.61 Å². The summed E-state index contributed by atoms with van der Waals surface area (Å²) < 4.78 is 45.0. The highest BCUT2D eigenvalue weighted by molar-refractivity contribution is 7.55. The Morgan fingerprint density at radius 1 is 0.947 bits per heavy atom. The number of primary amides is 1. The highest BCUT2D eigenvalue weighted by Gasteiger charge is 2.34. The normalized spacial score (nSPS) is 17.4. The van der Waals surface area contributed by atoms with Crippen molar-refractivity contribution in [2.75, 3.05) is 73.7 Å². The molecule has 38 heavy (non-hydrogen) atoms. The van der Waals surface area contributed by atoms with E-state index >= 15 is 0 Å². The molecule has 228 valence electrons. The lowest BCUT2D eigenvalue weighted by Crippen LogP contribution is -2.47. The molecule has 2 atom stereocenters. The highest BCUT2D eigenvalue weighted by atomic mass is 31.2. The molecular weight excluding hydrogens is 540 g/mol. The van der Waals surface area contributed by atoms with Gasteiger partial charge in [-0.2, -0.15) is 0 Å². The number of amides is 2. The minimum absolute atomic E-state index is 0.00176. The Hall–Kier alpha value is -1.08. The summed E-state index contributed by atoms with van der Waals surface area (Å²) in [6, 6.07) is 0. The van der Waals surface area contributed by atoms with Crippen LogP contribution in [0.1, 0.15) is 41.5 Å². The minimum atomic E-state index is -3.13. The van der Waals surface area contributed by atoms with Crippen LogP contribution in [-0.2, 0) is 27.7 Å². The maximum atomic E-state index is 12.4. The molecule has 1 aliphatic heterocycles. The predicted octanol–water partition coefficient (Wildman–Crippen LogP) is 1.87. The average molecular weight is 592 g/mol. The number of carbonyl (C=O) groups excluding carboxylic acids is 2. The summed E-state index contributed by atoms with van der Waals surface area (Å²) in [5, 5.41) is 16.6. The van der Waals surface area contributed by atoms with Gasteiger partial charge in [-0.05, 0) is 62.7 Å². The number of ether oxygens (including phenoxy) is 1. The average Bonchev–Trinajstić information content (AvgIpc) is 2.75. The summed E-state index contributed by atoms with van der Waals surface area (Å²) in [6.45, 7) is 13.9. The lowest BCUT2D eigenvalue weighted by atomic mass is 10.4. The maximum Gasteiger partial charge on any atom is 0.409 e. The monoisotopic (exact) mass is 591 g/mol. The Kier molecular flexibility index (Phi) is 19.6. The van der Waals surface area contributed by atoms with Crippen molar-refractivity contribution >= 4 is 27.2 Å². The first-order valence-electron chi connectivity index (χ1n) is 12.5. The smallest absolute Gasteiger partial charge is 0.409 e. The van der Waals surface area contributed by atoms with Crippen molar-refractivity contribution in [2.45, 2.75) is 59.9 Å². The third-order valence-corrected chi connectivity index (χ3v) is 9.37. The van der Waals surface area contributed by atoms with E-state index in [2.05, 4.69) is 0 Å². The number of likely N-dealkylation sites (N-methyl/N-ethyl adjacent to an activating group) is 1. The van der Waals surface area contributed by atoms with Crippen LogP contribution in [0.15, 0.2) is 0 Å². The van der Waals surface area contributed by atoms with Crippen LogP contribution >= 0.6 is 15.2 Å². The van der Waals surface area contributed by atoms with Gasteiger partial charge in [0.15, 0.2) is 0 Å². The number of nitrogens with zero attached hydrogens (tertiary/aromatic N) is 4. The zero-order valence-corrected chi connectivity index (χ0v) is 26.5. The van der Waals surface area contributed by atoms with Gasteiger partial charge in [0, 0.05) is 38.9 Å². The summed E-state index contributed by atoms with van der Waals surface area (Å²) in [5.41, 5.74) is 5.05. The molecule has 0 saturated carbocycles. The summed E-state index contributed by atoms with van der Waals surface area (Å²) >= 11 is 0. The molecule has 1 heterocycles. The van der Waals surface area contributed by atoms with Crippen LogP contribution in [0.25, 0.3) is 0 Å². The first-order valence-corrected chi connectivity index (χ1v) is 16.0. The molecule has 14 nitrogen and oxygen atoms in total. The summed E-state index contributed by atoms with van der Waals surface area (Å²) in [4.78, 5) is 23.9. The number of carbonyl (C=O) groups is 2. The molecule has 2 amide bonds. The van der Waals surface area contributed by atoms with Gasteiger partial charge in [-0.1, -0.05) is 0 Å². The predicted molar refractivity (Wildman–Crippen MR) is 148 cm³/mol. The SMILES string of the molecule is CC(C)O.CC(C)OP(=O)(N(C)C)N(C)CC(N)=O.CC(C)OP(C)(=O)N1CCN(C(=O)OCCO)CC1. The zero-order valence-electron chi connectivity index (χ0n) is 24.7. The molecule has 0 aromatic carbocycles. The van der Waals surface area contributed by atoms with E-state index in [4.69, 9.17) is 29.7 Å². The molecule has 0 aliphatic carbocycles. The van der Waals surface area contributed by atoms with Gasteiger partial charge in [0.05, 0.1) is 25.4 Å². The summed E-state index contributed by atoms with van der Waals surface area (Å²) in [6.07, 6.45) is -0.888. The maximum absolute atomic E-state index is 12.4. The lowest BCUT2D eigenvalue weighted by Gasteiger charge is -2.37. The van der Waals surface area contributed by atoms with Gasteiger partial charge in [-0.3, -0.25) is 13.9 Å². The molecule has 2 unspecified atom stereocenters. The second-order valence-electron chi connectivity index (χ2n) is 9.60. The quantitative estimate of drug-likeness (QED) is 0.298. The standard InChI is InChI=1S/C11H23N2O5P.C8H20N3O3P.C3H8O/c1-10(2)18-19(3,16)13-6-4-12(5-7-13)11(15)17-9-8-14;1-7(2)14-15(13,10(3)4)11(5)6-8(9)12;1-3(2)4/h10,14H,4-9H2,1-3H3;7H,6H2,1-5H3,(H2,9,12);3-4H,1-2H3. The van der Waals surface area contributed by atoms with Crippen molar-refractivity contribution < 1.29 is 42.7 Å². The number of aliphatic hydroxyl groups excluding tert-OH is 2. The first-order chi connectivity index (χ1) is 17.3. The fourth-order valence-electron chi connectivity index (χ4n) is 2.99. The van der Waals surface area contributed by atoms with Crippen molar-refractivity contribution in [1.82, 2.24) is 18.9 Å². The van der Waals surface area contributed by atoms with Crippen LogP contribution < -0.4 is 5.73 Å². The molecule has 1 aliphatic rings. The van der Waals surface area contributed by atoms with Crippen molar-refractivity contribution in [3.63, 3.8) is 0 Å². The zero-order chi connectivity index (χ0) is 30.3. The van der Waals surface area contributed by atoms with Crippen molar-refractivity contribution in [3.8, 4) is 0 Å². The van der Waals surface area contributed by atoms with Crippen LogP contribution in [0, 0.1) is 0 Å². The van der Waals surface area contributed by atoms with Crippen LogP contribution in [-0.4, -0.2) is 133 Å². The minimum Gasteiger partial charge on any atom is -0.447 e. The van der Waals surface area contributed by atoms with E-state index in [0.29, 0.717) is 26.2 Å². The second-order valence-corrected chi connectivity index (χ2v) is 14.7. The Morgan fingerprint density at radius 3 is 1.74 bits per heavy atom.